The van der Waals surface area contributed by atoms with Crippen LogP contribution in [0.25, 0.3) is 0 Å². The number of nitrogens with two attached hydrogens (primary N) is 1. The first-order valence-electron chi connectivity index (χ1n) is 7.94. The molecule has 7 heteroatoms. The van der Waals surface area contributed by atoms with Crippen LogP contribution in [0.4, 0.5) is 0 Å². The van der Waals surface area contributed by atoms with Crippen LogP contribution >= 0.6 is 0 Å². The molecule has 0 saturated carbocycles. The van der Waals surface area contributed by atoms with Crippen LogP contribution in [0.15, 0.2) is 46.7 Å². The minimum absolute atomic E-state index is 0.00593. The normalized spacial score (nSPS) is 23.0. The Balaban J connectivity index is 1.99. The van der Waals surface area contributed by atoms with Gasteiger partial charge in [-0.1, -0.05) is 30.3 Å². The summed E-state index contributed by atoms with van der Waals surface area (Å²) in [6, 6.07) is 12.9. The lowest BCUT2D eigenvalue weighted by molar-refractivity contribution is 0.0652. The second kappa shape index (κ2) is 6.76. The summed E-state index contributed by atoms with van der Waals surface area (Å²) in [4.78, 5) is 18.9. The van der Waals surface area contributed by atoms with E-state index in [1.165, 1.54) is 0 Å². The summed E-state index contributed by atoms with van der Waals surface area (Å²) in [5.74, 6) is 0.147. The Hall–Kier alpha value is -3.16. The van der Waals surface area contributed by atoms with Gasteiger partial charge in [-0.2, -0.15) is 10.5 Å². The fraction of sp³-hybridized carbons (Fsp3) is 0.333. The number of nitriles is 2. The number of rotatable bonds is 3. The van der Waals surface area contributed by atoms with Gasteiger partial charge in [0.05, 0.1) is 19.3 Å². The molecule has 1 aromatic rings. The second-order valence-electron chi connectivity index (χ2n) is 5.89. The van der Waals surface area contributed by atoms with Gasteiger partial charge in [-0.3, -0.25) is 4.79 Å². The highest BCUT2D eigenvalue weighted by Gasteiger charge is 2.50. The first-order chi connectivity index (χ1) is 12.1. The summed E-state index contributed by atoms with van der Waals surface area (Å²) in [7, 11) is 0. The Morgan fingerprint density at radius 2 is 1.96 bits per heavy atom. The average Bonchev–Trinajstić information content (AvgIpc) is 2.94. The van der Waals surface area contributed by atoms with E-state index in [2.05, 4.69) is 11.1 Å². The number of amidine groups is 1. The Bertz CT molecular complexity index is 825. The monoisotopic (exact) mass is 335 g/mol. The molecule has 1 aromatic carbocycles. The minimum Gasteiger partial charge on any atom is -0.383 e. The van der Waals surface area contributed by atoms with Gasteiger partial charge in [-0.15, -0.1) is 0 Å². The predicted molar refractivity (Wildman–Crippen MR) is 90.1 cm³/mol. The molecule has 0 spiro atoms. The van der Waals surface area contributed by atoms with Crippen molar-refractivity contribution < 1.29 is 9.53 Å². The van der Waals surface area contributed by atoms with Gasteiger partial charge in [0.2, 0.25) is 0 Å². The molecule has 0 aliphatic carbocycles. The van der Waals surface area contributed by atoms with Crippen molar-refractivity contribution >= 4 is 11.6 Å². The van der Waals surface area contributed by atoms with Crippen molar-refractivity contribution in [3.63, 3.8) is 0 Å². The fourth-order valence-corrected chi connectivity index (χ4v) is 3.14. The third-order valence-corrected chi connectivity index (χ3v) is 4.43. The highest BCUT2D eigenvalue weighted by molar-refractivity contribution is 6.05. The zero-order chi connectivity index (χ0) is 17.9. The third-order valence-electron chi connectivity index (χ3n) is 4.43. The molecule has 1 atom stereocenters. The van der Waals surface area contributed by atoms with Gasteiger partial charge >= 0.3 is 0 Å². The number of hydrogen-bond acceptors (Lipinski definition) is 7. The summed E-state index contributed by atoms with van der Waals surface area (Å²) in [5, 5.41) is 19.5. The maximum atomic E-state index is 12.7. The van der Waals surface area contributed by atoms with E-state index in [9.17, 15) is 15.3 Å². The lowest BCUT2D eigenvalue weighted by Crippen LogP contribution is -2.48. The molecule has 0 bridgehead atoms. The third kappa shape index (κ3) is 2.86. The van der Waals surface area contributed by atoms with Gasteiger partial charge < -0.3 is 15.4 Å². The molecule has 3 rings (SSSR count). The zero-order valence-corrected chi connectivity index (χ0v) is 13.6. The molecule has 1 fully saturated rings. The lowest BCUT2D eigenvalue weighted by atomic mass is 9.76. The summed E-state index contributed by atoms with van der Waals surface area (Å²) >= 11 is 0. The highest BCUT2D eigenvalue weighted by atomic mass is 16.5. The van der Waals surface area contributed by atoms with E-state index in [1.807, 2.05) is 17.0 Å². The number of Topliss-reactive ketones (excluding diaryl/α,β-unsaturated/α-hetero) is 1. The number of aliphatic imine (C=N–C) groups is 1. The molecular weight excluding hydrogens is 318 g/mol. The Labute approximate surface area is 145 Å². The first-order valence-corrected chi connectivity index (χ1v) is 7.94. The molecule has 1 saturated heterocycles. The molecule has 2 aliphatic rings. The predicted octanol–water partition coefficient (Wildman–Crippen LogP) is 1.21. The van der Waals surface area contributed by atoms with Crippen molar-refractivity contribution in [3.05, 3.63) is 47.3 Å². The van der Waals surface area contributed by atoms with E-state index in [0.29, 0.717) is 37.7 Å². The quantitative estimate of drug-likeness (QED) is 0.830. The van der Waals surface area contributed by atoms with E-state index >= 15 is 0 Å². The molecule has 25 heavy (non-hydrogen) atoms. The summed E-state index contributed by atoms with van der Waals surface area (Å²) < 4.78 is 5.34. The van der Waals surface area contributed by atoms with E-state index in [4.69, 9.17) is 10.5 Å². The van der Waals surface area contributed by atoms with Crippen LogP contribution in [0, 0.1) is 28.1 Å². The summed E-state index contributed by atoms with van der Waals surface area (Å²) in [6.07, 6.45) is -0.173. The van der Waals surface area contributed by atoms with Crippen molar-refractivity contribution in [2.24, 2.45) is 16.1 Å². The highest BCUT2D eigenvalue weighted by Crippen LogP contribution is 2.41. The molecule has 2 N–H and O–H groups in total. The van der Waals surface area contributed by atoms with Gasteiger partial charge in [-0.05, 0) is 0 Å². The molecule has 2 aliphatic heterocycles. The summed E-state index contributed by atoms with van der Waals surface area (Å²) in [5.41, 5.74) is 4.98. The van der Waals surface area contributed by atoms with E-state index in [1.54, 1.807) is 24.3 Å². The fourth-order valence-electron chi connectivity index (χ4n) is 3.14. The van der Waals surface area contributed by atoms with E-state index < -0.39 is 5.41 Å². The van der Waals surface area contributed by atoms with Crippen LogP contribution in [-0.4, -0.2) is 42.8 Å². The van der Waals surface area contributed by atoms with E-state index in [0.717, 1.165) is 0 Å². The van der Waals surface area contributed by atoms with Crippen LogP contribution in [0.5, 0.6) is 0 Å². The number of hydrogen-bond donors (Lipinski definition) is 1. The van der Waals surface area contributed by atoms with Gasteiger partial charge in [0.1, 0.15) is 23.3 Å². The van der Waals surface area contributed by atoms with Crippen LogP contribution in [0.1, 0.15) is 16.8 Å². The average molecular weight is 335 g/mol. The van der Waals surface area contributed by atoms with Gasteiger partial charge in [0, 0.05) is 25.1 Å². The lowest BCUT2D eigenvalue weighted by Gasteiger charge is -2.35. The standard InChI is InChI=1S/C18H17N5O2/c19-11-14-16(21)22-17(23-6-8-25-9-7-23)18(14,12-20)10-15(24)13-4-2-1-3-5-13/h1-5H,6-10,21H2/t18-/m1/s1. The topological polar surface area (TPSA) is 116 Å². The zero-order valence-electron chi connectivity index (χ0n) is 13.6. The van der Waals surface area contributed by atoms with Crippen molar-refractivity contribution in [1.29, 1.82) is 10.5 Å². The van der Waals surface area contributed by atoms with Crippen molar-refractivity contribution in [3.8, 4) is 12.1 Å². The molecule has 7 nitrogen and oxygen atoms in total. The number of carbonyl (C=O) groups is 1. The number of ether oxygens (including phenoxy) is 1. The maximum absolute atomic E-state index is 12.7. The molecule has 2 heterocycles. The number of ketones is 1. The molecular formula is C18H17N5O2. The van der Waals surface area contributed by atoms with Crippen molar-refractivity contribution in [2.75, 3.05) is 26.3 Å². The van der Waals surface area contributed by atoms with Gasteiger partial charge in [0.15, 0.2) is 11.2 Å². The Kier molecular flexibility index (Phi) is 4.51. The second-order valence-corrected chi connectivity index (χ2v) is 5.89. The smallest absolute Gasteiger partial charge is 0.165 e. The number of morpholine rings is 1. The number of benzene rings is 1. The van der Waals surface area contributed by atoms with Crippen molar-refractivity contribution in [1.82, 2.24) is 4.90 Å². The molecule has 0 radical (unpaired) electrons. The van der Waals surface area contributed by atoms with Gasteiger partial charge in [0.25, 0.3) is 0 Å². The SMILES string of the molecule is N#CC1=C(N)N=C(N2CCOCC2)[C@@]1(C#N)CC(=O)c1ccccc1. The van der Waals surface area contributed by atoms with Crippen LogP contribution in [-0.2, 0) is 4.74 Å². The minimum atomic E-state index is -1.46. The van der Waals surface area contributed by atoms with Crippen LogP contribution < -0.4 is 5.73 Å². The first kappa shape index (κ1) is 16.7. The maximum Gasteiger partial charge on any atom is 0.165 e. The number of carbonyl (C=O) groups excluding carboxylic acids is 1. The van der Waals surface area contributed by atoms with Crippen molar-refractivity contribution in [2.45, 2.75) is 6.42 Å². The summed E-state index contributed by atoms with van der Waals surface area (Å²) in [6.45, 7) is 2.06. The molecule has 0 aromatic heterocycles. The number of nitrogens with zero attached hydrogens (tertiary/aromatic N) is 4. The molecule has 0 unspecified atom stereocenters. The molecule has 0 amide bonds. The van der Waals surface area contributed by atoms with Gasteiger partial charge in [-0.25, -0.2) is 4.99 Å². The van der Waals surface area contributed by atoms with E-state index in [-0.39, 0.29) is 23.6 Å². The van der Waals surface area contributed by atoms with Crippen LogP contribution in [0.3, 0.4) is 0 Å². The Morgan fingerprint density at radius 3 is 2.56 bits per heavy atom. The Morgan fingerprint density at radius 1 is 1.28 bits per heavy atom. The largest absolute Gasteiger partial charge is 0.383 e. The van der Waals surface area contributed by atoms with Crippen LogP contribution in [0.2, 0.25) is 0 Å². The molecule has 126 valence electrons.